The van der Waals surface area contributed by atoms with Crippen molar-refractivity contribution in [1.82, 2.24) is 5.32 Å². The third-order valence-electron chi connectivity index (χ3n) is 2.17. The Bertz CT molecular complexity index is 173. The summed E-state index contributed by atoms with van der Waals surface area (Å²) >= 11 is 0. The van der Waals surface area contributed by atoms with Crippen LogP contribution < -0.4 is 5.32 Å². The maximum Gasteiger partial charge on any atom is 0.119 e. The minimum Gasteiger partial charge on any atom is -0.381 e. The van der Waals surface area contributed by atoms with E-state index in [9.17, 15) is 0 Å². The Morgan fingerprint density at radius 2 is 2.62 bits per heavy atom. The van der Waals surface area contributed by atoms with Crippen LogP contribution in [0.3, 0.4) is 0 Å². The average molecular weight is 184 g/mol. The average Bonchev–Trinajstić information content (AvgIpc) is 2.65. The summed E-state index contributed by atoms with van der Waals surface area (Å²) in [5, 5.41) is 11.5. The van der Waals surface area contributed by atoms with E-state index in [-0.39, 0.29) is 6.04 Å². The second-order valence-electron chi connectivity index (χ2n) is 3.24. The second kappa shape index (κ2) is 5.92. The van der Waals surface area contributed by atoms with Crippen molar-refractivity contribution in [3.8, 4) is 6.07 Å². The van der Waals surface area contributed by atoms with E-state index in [0.29, 0.717) is 19.1 Å². The van der Waals surface area contributed by atoms with Crippen LogP contribution in [0.4, 0.5) is 0 Å². The number of likely N-dealkylation sites (N-methyl/N-ethyl adjacent to an activating group) is 1. The summed E-state index contributed by atoms with van der Waals surface area (Å²) in [6, 6.07) is 1.92. The number of hydrogen-bond acceptors (Lipinski definition) is 4. The van der Waals surface area contributed by atoms with Gasteiger partial charge < -0.3 is 14.8 Å². The van der Waals surface area contributed by atoms with Gasteiger partial charge in [-0.3, -0.25) is 0 Å². The van der Waals surface area contributed by atoms with Gasteiger partial charge in [0, 0.05) is 12.5 Å². The summed E-state index contributed by atoms with van der Waals surface area (Å²) < 4.78 is 10.6. The van der Waals surface area contributed by atoms with Crippen molar-refractivity contribution in [2.45, 2.75) is 12.5 Å². The number of nitriles is 1. The lowest BCUT2D eigenvalue weighted by Gasteiger charge is -2.11. The summed E-state index contributed by atoms with van der Waals surface area (Å²) in [6.45, 7) is 2.82. The maximum absolute atomic E-state index is 8.60. The zero-order valence-electron chi connectivity index (χ0n) is 7.95. The molecule has 1 fully saturated rings. The van der Waals surface area contributed by atoms with Crippen LogP contribution in [-0.4, -0.2) is 39.5 Å². The van der Waals surface area contributed by atoms with Crippen molar-refractivity contribution >= 4 is 0 Å². The van der Waals surface area contributed by atoms with Crippen LogP contribution >= 0.6 is 0 Å². The number of nitrogens with zero attached hydrogens (tertiary/aromatic N) is 1. The van der Waals surface area contributed by atoms with E-state index >= 15 is 0 Å². The van der Waals surface area contributed by atoms with E-state index < -0.39 is 0 Å². The molecular weight excluding hydrogens is 168 g/mol. The van der Waals surface area contributed by atoms with Gasteiger partial charge in [0.15, 0.2) is 0 Å². The molecule has 0 aliphatic carbocycles. The van der Waals surface area contributed by atoms with E-state index in [0.717, 1.165) is 19.6 Å². The first kappa shape index (κ1) is 10.5. The Hall–Kier alpha value is -0.630. The van der Waals surface area contributed by atoms with Crippen molar-refractivity contribution < 1.29 is 9.47 Å². The number of rotatable bonds is 5. The molecule has 0 amide bonds. The topological polar surface area (TPSA) is 54.3 Å². The third-order valence-corrected chi connectivity index (χ3v) is 2.17. The molecule has 4 nitrogen and oxygen atoms in total. The van der Waals surface area contributed by atoms with Crippen molar-refractivity contribution in [1.29, 1.82) is 5.26 Å². The Morgan fingerprint density at radius 1 is 1.77 bits per heavy atom. The highest BCUT2D eigenvalue weighted by molar-refractivity contribution is 4.88. The zero-order chi connectivity index (χ0) is 9.52. The molecule has 13 heavy (non-hydrogen) atoms. The summed E-state index contributed by atoms with van der Waals surface area (Å²) in [6.07, 6.45) is 1.08. The van der Waals surface area contributed by atoms with E-state index in [2.05, 4.69) is 11.4 Å². The fourth-order valence-corrected chi connectivity index (χ4v) is 1.25. The SMILES string of the molecule is CNC(C#N)COCC1CCOC1. The first-order chi connectivity index (χ1) is 6.36. The molecule has 0 aromatic heterocycles. The molecule has 0 bridgehead atoms. The maximum atomic E-state index is 8.60. The van der Waals surface area contributed by atoms with Gasteiger partial charge in [0.05, 0.1) is 25.9 Å². The standard InChI is InChI=1S/C9H16N2O2/c1-11-9(4-10)7-13-6-8-2-3-12-5-8/h8-9,11H,2-3,5-7H2,1H3. The Labute approximate surface area is 78.8 Å². The molecule has 0 saturated carbocycles. The Morgan fingerprint density at radius 3 is 3.15 bits per heavy atom. The minimum atomic E-state index is -0.192. The summed E-state index contributed by atoms with van der Waals surface area (Å²) in [5.74, 6) is 0.524. The van der Waals surface area contributed by atoms with Gasteiger partial charge in [-0.2, -0.15) is 5.26 Å². The molecule has 74 valence electrons. The molecule has 0 aromatic carbocycles. The molecule has 2 atom stereocenters. The van der Waals surface area contributed by atoms with Crippen LogP contribution in [0.25, 0.3) is 0 Å². The normalized spacial score (nSPS) is 24.2. The monoisotopic (exact) mass is 184 g/mol. The van der Waals surface area contributed by atoms with Gasteiger partial charge in [-0.05, 0) is 13.5 Å². The van der Waals surface area contributed by atoms with Gasteiger partial charge >= 0.3 is 0 Å². The highest BCUT2D eigenvalue weighted by Gasteiger charge is 2.16. The molecule has 1 saturated heterocycles. The lowest BCUT2D eigenvalue weighted by atomic mass is 10.1. The molecule has 4 heteroatoms. The molecule has 0 spiro atoms. The van der Waals surface area contributed by atoms with Gasteiger partial charge in [-0.25, -0.2) is 0 Å². The Balaban J connectivity index is 2.02. The predicted octanol–water partition coefficient (Wildman–Crippen LogP) is 0.151. The van der Waals surface area contributed by atoms with Crippen molar-refractivity contribution in [2.75, 3.05) is 33.5 Å². The van der Waals surface area contributed by atoms with Crippen LogP contribution in [0, 0.1) is 17.2 Å². The van der Waals surface area contributed by atoms with Gasteiger partial charge in [0.25, 0.3) is 0 Å². The predicted molar refractivity (Wildman–Crippen MR) is 48.2 cm³/mol. The molecule has 1 N–H and O–H groups in total. The van der Waals surface area contributed by atoms with E-state index in [1.54, 1.807) is 7.05 Å². The van der Waals surface area contributed by atoms with Crippen molar-refractivity contribution in [3.63, 3.8) is 0 Å². The number of hydrogen-bond donors (Lipinski definition) is 1. The van der Waals surface area contributed by atoms with E-state index in [4.69, 9.17) is 14.7 Å². The summed E-state index contributed by atoms with van der Waals surface area (Å²) in [4.78, 5) is 0. The molecule has 2 unspecified atom stereocenters. The lowest BCUT2D eigenvalue weighted by Crippen LogP contribution is -2.29. The lowest BCUT2D eigenvalue weighted by molar-refractivity contribution is 0.0838. The van der Waals surface area contributed by atoms with Crippen molar-refractivity contribution in [2.24, 2.45) is 5.92 Å². The van der Waals surface area contributed by atoms with Crippen LogP contribution in [0.2, 0.25) is 0 Å². The van der Waals surface area contributed by atoms with Gasteiger partial charge in [0.1, 0.15) is 6.04 Å². The van der Waals surface area contributed by atoms with Gasteiger partial charge in [0.2, 0.25) is 0 Å². The first-order valence-corrected chi connectivity index (χ1v) is 4.59. The summed E-state index contributed by atoms with van der Waals surface area (Å²) in [7, 11) is 1.76. The Kier molecular flexibility index (Phi) is 4.76. The smallest absolute Gasteiger partial charge is 0.119 e. The van der Waals surface area contributed by atoms with Crippen LogP contribution in [0.5, 0.6) is 0 Å². The van der Waals surface area contributed by atoms with E-state index in [1.165, 1.54) is 0 Å². The van der Waals surface area contributed by atoms with Crippen molar-refractivity contribution in [3.05, 3.63) is 0 Å². The highest BCUT2D eigenvalue weighted by Crippen LogP contribution is 2.12. The quantitative estimate of drug-likeness (QED) is 0.661. The molecular formula is C9H16N2O2. The van der Waals surface area contributed by atoms with E-state index in [1.807, 2.05) is 0 Å². The molecule has 0 radical (unpaired) electrons. The summed E-state index contributed by atoms with van der Waals surface area (Å²) in [5.41, 5.74) is 0. The minimum absolute atomic E-state index is 0.192. The largest absolute Gasteiger partial charge is 0.381 e. The molecule has 1 aliphatic heterocycles. The van der Waals surface area contributed by atoms with Gasteiger partial charge in [-0.1, -0.05) is 0 Å². The highest BCUT2D eigenvalue weighted by atomic mass is 16.5. The molecule has 1 heterocycles. The fraction of sp³-hybridized carbons (Fsp3) is 0.889. The molecule has 0 aromatic rings. The fourth-order valence-electron chi connectivity index (χ4n) is 1.25. The van der Waals surface area contributed by atoms with Crippen LogP contribution in [0.1, 0.15) is 6.42 Å². The van der Waals surface area contributed by atoms with Crippen LogP contribution in [0.15, 0.2) is 0 Å². The van der Waals surface area contributed by atoms with Crippen LogP contribution in [-0.2, 0) is 9.47 Å². The van der Waals surface area contributed by atoms with Gasteiger partial charge in [-0.15, -0.1) is 0 Å². The number of nitrogens with one attached hydrogen (secondary N) is 1. The first-order valence-electron chi connectivity index (χ1n) is 4.59. The second-order valence-corrected chi connectivity index (χ2v) is 3.24. The zero-order valence-corrected chi connectivity index (χ0v) is 7.95. The molecule has 1 aliphatic rings. The third kappa shape index (κ3) is 3.73. The molecule has 1 rings (SSSR count). The number of ether oxygens (including phenoxy) is 2.